The van der Waals surface area contributed by atoms with Crippen LogP contribution >= 0.6 is 27.3 Å². The third kappa shape index (κ3) is 1.87. The average molecular weight is 315 g/mol. The van der Waals surface area contributed by atoms with Crippen molar-refractivity contribution in [3.63, 3.8) is 0 Å². The van der Waals surface area contributed by atoms with Gasteiger partial charge in [0.2, 0.25) is 0 Å². The maximum absolute atomic E-state index is 13.0. The molecular formula is C11H5BrF2N2S. The molecule has 3 rings (SSSR count). The first-order valence-corrected chi connectivity index (χ1v) is 6.35. The first-order valence-electron chi connectivity index (χ1n) is 4.74. The van der Waals surface area contributed by atoms with Gasteiger partial charge in [-0.15, -0.1) is 11.3 Å². The molecule has 1 N–H and O–H groups in total. The summed E-state index contributed by atoms with van der Waals surface area (Å²) in [6, 6.07) is 5.99. The zero-order chi connectivity index (χ0) is 12.0. The summed E-state index contributed by atoms with van der Waals surface area (Å²) in [6.07, 6.45) is 0. The Morgan fingerprint density at radius 3 is 2.65 bits per heavy atom. The van der Waals surface area contributed by atoms with Crippen molar-refractivity contribution in [3.8, 4) is 10.7 Å². The summed E-state index contributed by atoms with van der Waals surface area (Å²) in [7, 11) is 0. The van der Waals surface area contributed by atoms with Gasteiger partial charge < -0.3 is 4.98 Å². The van der Waals surface area contributed by atoms with Crippen molar-refractivity contribution in [2.24, 2.45) is 0 Å². The SMILES string of the molecule is Fc1cc2nc(-c3ccc(Br)s3)[nH]c2cc1F. The van der Waals surface area contributed by atoms with Crippen LogP contribution in [-0.2, 0) is 0 Å². The number of H-pyrrole nitrogens is 1. The Morgan fingerprint density at radius 2 is 1.94 bits per heavy atom. The predicted molar refractivity (Wildman–Crippen MR) is 67.0 cm³/mol. The molecule has 0 aliphatic heterocycles. The monoisotopic (exact) mass is 314 g/mol. The molecule has 3 aromatic rings. The van der Waals surface area contributed by atoms with E-state index in [9.17, 15) is 8.78 Å². The minimum absolute atomic E-state index is 0.420. The molecule has 2 nitrogen and oxygen atoms in total. The molecule has 6 heteroatoms. The third-order valence-corrected chi connectivity index (χ3v) is 3.96. The highest BCUT2D eigenvalue weighted by molar-refractivity contribution is 9.11. The third-order valence-electron chi connectivity index (χ3n) is 2.33. The number of aromatic amines is 1. The van der Waals surface area contributed by atoms with Crippen LogP contribution in [0.5, 0.6) is 0 Å². The number of nitrogens with zero attached hydrogens (tertiary/aromatic N) is 1. The summed E-state index contributed by atoms with van der Waals surface area (Å²) < 4.78 is 27.0. The van der Waals surface area contributed by atoms with Crippen LogP contribution in [0, 0.1) is 11.6 Å². The fraction of sp³-hybridized carbons (Fsp3) is 0. The Hall–Kier alpha value is -1.27. The van der Waals surface area contributed by atoms with Crippen molar-refractivity contribution in [1.29, 1.82) is 0 Å². The molecule has 2 heterocycles. The number of benzene rings is 1. The number of rotatable bonds is 1. The molecule has 17 heavy (non-hydrogen) atoms. The predicted octanol–water partition coefficient (Wildman–Crippen LogP) is 4.33. The molecular weight excluding hydrogens is 310 g/mol. The number of halogens is 3. The van der Waals surface area contributed by atoms with Gasteiger partial charge in [0.15, 0.2) is 11.6 Å². The zero-order valence-corrected chi connectivity index (χ0v) is 10.7. The van der Waals surface area contributed by atoms with Gasteiger partial charge in [0.1, 0.15) is 5.82 Å². The first-order chi connectivity index (χ1) is 8.13. The van der Waals surface area contributed by atoms with Gasteiger partial charge in [-0.25, -0.2) is 13.8 Å². The maximum Gasteiger partial charge on any atom is 0.161 e. The lowest BCUT2D eigenvalue weighted by molar-refractivity contribution is 0.510. The quantitative estimate of drug-likeness (QED) is 0.711. The van der Waals surface area contributed by atoms with Gasteiger partial charge in [-0.2, -0.15) is 0 Å². The Kier molecular flexibility index (Phi) is 2.48. The summed E-state index contributed by atoms with van der Waals surface area (Å²) >= 11 is 4.85. The van der Waals surface area contributed by atoms with Crippen molar-refractivity contribution in [1.82, 2.24) is 9.97 Å². The van der Waals surface area contributed by atoms with E-state index in [-0.39, 0.29) is 0 Å². The number of thiophene rings is 1. The van der Waals surface area contributed by atoms with E-state index < -0.39 is 11.6 Å². The molecule has 0 spiro atoms. The lowest BCUT2D eigenvalue weighted by Crippen LogP contribution is -1.82. The van der Waals surface area contributed by atoms with Crippen LogP contribution in [-0.4, -0.2) is 9.97 Å². The summed E-state index contributed by atoms with van der Waals surface area (Å²) in [6.45, 7) is 0. The minimum atomic E-state index is -0.886. The van der Waals surface area contributed by atoms with Gasteiger partial charge >= 0.3 is 0 Å². The minimum Gasteiger partial charge on any atom is -0.337 e. The van der Waals surface area contributed by atoms with Gasteiger partial charge in [-0.1, -0.05) is 0 Å². The van der Waals surface area contributed by atoms with Gasteiger partial charge in [-0.3, -0.25) is 0 Å². The molecule has 0 radical (unpaired) electrons. The van der Waals surface area contributed by atoms with Crippen LogP contribution in [0.25, 0.3) is 21.7 Å². The molecule has 0 aliphatic carbocycles. The summed E-state index contributed by atoms with van der Waals surface area (Å²) in [5, 5.41) is 0. The van der Waals surface area contributed by atoms with E-state index in [1.807, 2.05) is 12.1 Å². The van der Waals surface area contributed by atoms with E-state index in [0.29, 0.717) is 16.9 Å². The highest BCUT2D eigenvalue weighted by atomic mass is 79.9. The number of hydrogen-bond acceptors (Lipinski definition) is 2. The van der Waals surface area contributed by atoms with E-state index in [0.717, 1.165) is 20.8 Å². The molecule has 0 bridgehead atoms. The summed E-state index contributed by atoms with van der Waals surface area (Å²) in [5.74, 6) is -1.15. The molecule has 0 atom stereocenters. The summed E-state index contributed by atoms with van der Waals surface area (Å²) in [4.78, 5) is 8.10. The molecule has 86 valence electrons. The molecule has 1 aromatic carbocycles. The Balaban J connectivity index is 2.19. The normalized spacial score (nSPS) is 11.2. The fourth-order valence-corrected chi connectivity index (χ4v) is 2.89. The van der Waals surface area contributed by atoms with Crippen molar-refractivity contribution >= 4 is 38.3 Å². The van der Waals surface area contributed by atoms with Crippen molar-refractivity contribution in [2.45, 2.75) is 0 Å². The van der Waals surface area contributed by atoms with E-state index in [1.165, 1.54) is 11.3 Å². The molecule has 2 aromatic heterocycles. The van der Waals surface area contributed by atoms with E-state index in [4.69, 9.17) is 0 Å². The molecule has 0 saturated heterocycles. The van der Waals surface area contributed by atoms with Crippen LogP contribution in [0.3, 0.4) is 0 Å². The molecule has 0 fully saturated rings. The van der Waals surface area contributed by atoms with Crippen LogP contribution in [0.15, 0.2) is 28.1 Å². The van der Waals surface area contributed by atoms with Crippen LogP contribution in [0.2, 0.25) is 0 Å². The average Bonchev–Trinajstić information content (AvgIpc) is 2.85. The number of imidazole rings is 1. The molecule has 0 saturated carbocycles. The second-order valence-corrected chi connectivity index (χ2v) is 5.94. The zero-order valence-electron chi connectivity index (χ0n) is 8.30. The van der Waals surface area contributed by atoms with Crippen molar-refractivity contribution in [3.05, 3.63) is 39.7 Å². The number of fused-ring (bicyclic) bond motifs is 1. The van der Waals surface area contributed by atoms with Crippen molar-refractivity contribution < 1.29 is 8.78 Å². The smallest absolute Gasteiger partial charge is 0.161 e. The van der Waals surface area contributed by atoms with Crippen LogP contribution in [0.1, 0.15) is 0 Å². The molecule has 0 aliphatic rings. The van der Waals surface area contributed by atoms with Gasteiger partial charge in [-0.05, 0) is 28.1 Å². The van der Waals surface area contributed by atoms with Gasteiger partial charge in [0.05, 0.1) is 19.7 Å². The highest BCUT2D eigenvalue weighted by Gasteiger charge is 2.10. The number of hydrogen-bond donors (Lipinski definition) is 1. The second-order valence-electron chi connectivity index (χ2n) is 3.47. The fourth-order valence-electron chi connectivity index (χ4n) is 1.56. The van der Waals surface area contributed by atoms with E-state index in [2.05, 4.69) is 25.9 Å². The lowest BCUT2D eigenvalue weighted by atomic mass is 10.3. The lowest BCUT2D eigenvalue weighted by Gasteiger charge is -1.90. The van der Waals surface area contributed by atoms with Crippen molar-refractivity contribution in [2.75, 3.05) is 0 Å². The molecule has 0 unspecified atom stereocenters. The van der Waals surface area contributed by atoms with Crippen LogP contribution in [0.4, 0.5) is 8.78 Å². The van der Waals surface area contributed by atoms with E-state index in [1.54, 1.807) is 0 Å². The number of aromatic nitrogens is 2. The summed E-state index contributed by atoms with van der Waals surface area (Å²) in [5.41, 5.74) is 0.909. The topological polar surface area (TPSA) is 28.7 Å². The largest absolute Gasteiger partial charge is 0.337 e. The second kappa shape index (κ2) is 3.89. The standard InChI is InChI=1S/C11H5BrF2N2S/c12-10-2-1-9(17-10)11-15-7-3-5(13)6(14)4-8(7)16-11/h1-4H,(H,15,16). The Bertz CT molecular complexity index is 666. The Labute approximate surface area is 107 Å². The first kappa shape index (κ1) is 10.9. The number of nitrogens with one attached hydrogen (secondary N) is 1. The van der Waals surface area contributed by atoms with Gasteiger partial charge in [0, 0.05) is 12.1 Å². The molecule has 0 amide bonds. The van der Waals surface area contributed by atoms with E-state index >= 15 is 0 Å². The van der Waals surface area contributed by atoms with Crippen LogP contribution < -0.4 is 0 Å². The van der Waals surface area contributed by atoms with Gasteiger partial charge in [0.25, 0.3) is 0 Å². The maximum atomic E-state index is 13.0. The highest BCUT2D eigenvalue weighted by Crippen LogP contribution is 2.31. The Morgan fingerprint density at radius 1 is 1.18 bits per heavy atom.